The zero-order chi connectivity index (χ0) is 5.58. The summed E-state index contributed by atoms with van der Waals surface area (Å²) in [6, 6.07) is 0. The molecule has 0 spiro atoms. The molecule has 0 heterocycles. The zero-order valence-corrected chi connectivity index (χ0v) is 8.99. The van der Waals surface area contributed by atoms with Crippen molar-refractivity contribution in [1.29, 1.82) is 0 Å². The molecule has 0 unspecified atom stereocenters. The number of hydrogen-bond donors (Lipinski definition) is 0. The second kappa shape index (κ2) is 9.57. The van der Waals surface area contributed by atoms with Crippen molar-refractivity contribution in [2.24, 2.45) is 0 Å². The molecule has 0 aliphatic heterocycles. The first-order valence-electron chi connectivity index (χ1n) is 1.69. The van der Waals surface area contributed by atoms with Crippen LogP contribution in [0.4, 0.5) is 0 Å². The molecule has 0 aromatic heterocycles. The molecule has 0 saturated heterocycles. The van der Waals surface area contributed by atoms with Crippen LogP contribution < -0.4 is 0 Å². The van der Waals surface area contributed by atoms with Crippen LogP contribution in [0.5, 0.6) is 0 Å². The number of halogens is 1. The van der Waals surface area contributed by atoms with Crippen LogP contribution >= 0.6 is 8.92 Å². The monoisotopic (exact) mass is 228 g/mol. The van der Waals surface area contributed by atoms with Crippen LogP contribution in [-0.4, -0.2) is 30.2 Å². The van der Waals surface area contributed by atoms with Crippen LogP contribution in [0.1, 0.15) is 0 Å². The molecule has 6 heavy (non-hydrogen) atoms. The Balaban J connectivity index is 0. The summed E-state index contributed by atoms with van der Waals surface area (Å²) in [6.45, 7) is 6.81. The molecule has 0 aliphatic carbocycles. The molecule has 36 valence electrons. The van der Waals surface area contributed by atoms with E-state index in [4.69, 9.17) is 8.92 Å². The summed E-state index contributed by atoms with van der Waals surface area (Å²) in [4.78, 5) is 0. The zero-order valence-electron chi connectivity index (χ0n) is 4.38. The SMILES string of the molecule is C[Si](C)C.[Cl][Sn]. The van der Waals surface area contributed by atoms with E-state index in [9.17, 15) is 0 Å². The third kappa shape index (κ3) is 57.7. The molecule has 0 bridgehead atoms. The standard InChI is InChI=1S/C3H9Si.ClH.Sn/c1-4(2)3;;/h1-3H3;1H;/q;;+1/p-1. The van der Waals surface area contributed by atoms with Crippen LogP contribution in [-0.2, 0) is 0 Å². The first kappa shape index (κ1) is 10.3. The van der Waals surface area contributed by atoms with Crippen LogP contribution in [0.15, 0.2) is 0 Å². The summed E-state index contributed by atoms with van der Waals surface area (Å²) in [5.41, 5.74) is 0. The first-order chi connectivity index (χ1) is 2.73. The predicted molar refractivity (Wildman–Crippen MR) is 35.0 cm³/mol. The van der Waals surface area contributed by atoms with E-state index in [0.717, 1.165) is 21.4 Å². The fourth-order valence-corrected chi connectivity index (χ4v) is 0. The van der Waals surface area contributed by atoms with Gasteiger partial charge in [-0.2, -0.15) is 0 Å². The van der Waals surface area contributed by atoms with E-state index in [1.54, 1.807) is 0 Å². The summed E-state index contributed by atoms with van der Waals surface area (Å²) in [5.74, 6) is 0. The van der Waals surface area contributed by atoms with Crippen molar-refractivity contribution in [3.63, 3.8) is 0 Å². The molecule has 0 atom stereocenters. The summed E-state index contributed by atoms with van der Waals surface area (Å²) < 4.78 is 0. The van der Waals surface area contributed by atoms with E-state index in [1.165, 1.54) is 0 Å². The van der Waals surface area contributed by atoms with E-state index < -0.39 is 0 Å². The molecule has 0 rings (SSSR count). The van der Waals surface area contributed by atoms with E-state index in [0.29, 0.717) is 0 Å². The van der Waals surface area contributed by atoms with Crippen molar-refractivity contribution in [3.8, 4) is 0 Å². The van der Waals surface area contributed by atoms with Crippen LogP contribution in [0.3, 0.4) is 0 Å². The van der Waals surface area contributed by atoms with Crippen LogP contribution in [0.25, 0.3) is 0 Å². The molecule has 0 nitrogen and oxygen atoms in total. The van der Waals surface area contributed by atoms with Gasteiger partial charge < -0.3 is 0 Å². The van der Waals surface area contributed by atoms with Gasteiger partial charge in [0.1, 0.15) is 0 Å². The van der Waals surface area contributed by atoms with Gasteiger partial charge in [-0.15, -0.1) is 0 Å². The summed E-state index contributed by atoms with van der Waals surface area (Å²) >= 11 is 1.02. The van der Waals surface area contributed by atoms with Gasteiger partial charge in [0.2, 0.25) is 0 Å². The Morgan fingerprint density at radius 1 is 1.17 bits per heavy atom. The topological polar surface area (TPSA) is 0 Å². The van der Waals surface area contributed by atoms with Gasteiger partial charge in [-0.05, 0) is 0 Å². The fraction of sp³-hybridized carbons (Fsp3) is 1.00. The average molecular weight is 227 g/mol. The Hall–Kier alpha value is 1.31. The Bertz CT molecular complexity index is 15.5. The Kier molecular flexibility index (Phi) is 16.5. The van der Waals surface area contributed by atoms with Gasteiger partial charge in [-0.1, -0.05) is 19.6 Å². The van der Waals surface area contributed by atoms with Crippen LogP contribution in [0, 0.1) is 0 Å². The van der Waals surface area contributed by atoms with E-state index in [2.05, 4.69) is 19.6 Å². The Morgan fingerprint density at radius 3 is 1.17 bits per heavy atom. The minimum atomic E-state index is 0.120. The van der Waals surface area contributed by atoms with Crippen molar-refractivity contribution in [3.05, 3.63) is 0 Å². The Morgan fingerprint density at radius 2 is 1.17 bits per heavy atom. The van der Waals surface area contributed by atoms with Crippen molar-refractivity contribution in [2.75, 3.05) is 0 Å². The quantitative estimate of drug-likeness (QED) is 0.552. The second-order valence-corrected chi connectivity index (χ2v) is 4.50. The molecule has 0 aliphatic rings. The minimum absolute atomic E-state index is 0.120. The fourth-order valence-electron chi connectivity index (χ4n) is 0. The summed E-state index contributed by atoms with van der Waals surface area (Å²) in [5, 5.41) is 0. The van der Waals surface area contributed by atoms with Gasteiger partial charge in [0.15, 0.2) is 0 Å². The molecule has 0 aromatic carbocycles. The normalized spacial score (nSPS) is 7.00. The van der Waals surface area contributed by atoms with Crippen molar-refractivity contribution in [2.45, 2.75) is 19.6 Å². The van der Waals surface area contributed by atoms with Crippen molar-refractivity contribution >= 4 is 39.1 Å². The van der Waals surface area contributed by atoms with E-state index in [-0.39, 0.29) is 8.80 Å². The Labute approximate surface area is 58.7 Å². The van der Waals surface area contributed by atoms with Gasteiger partial charge in [0, 0.05) is 8.80 Å². The van der Waals surface area contributed by atoms with Gasteiger partial charge in [-0.3, -0.25) is 0 Å². The number of hydrogen-bond acceptors (Lipinski definition) is 0. The van der Waals surface area contributed by atoms with E-state index >= 15 is 0 Å². The molecule has 0 N–H and O–H groups in total. The molecule has 3 heteroatoms. The molecular formula is C3H9ClSiSn. The average Bonchev–Trinajstić information content (AvgIpc) is 1.41. The van der Waals surface area contributed by atoms with Gasteiger partial charge in [-0.25, -0.2) is 0 Å². The van der Waals surface area contributed by atoms with Gasteiger partial charge in [0.05, 0.1) is 0 Å². The molecule has 0 aromatic rings. The van der Waals surface area contributed by atoms with E-state index in [1.807, 2.05) is 0 Å². The molecule has 0 amide bonds. The predicted octanol–water partition coefficient (Wildman–Crippen LogP) is 1.68. The van der Waals surface area contributed by atoms with Gasteiger partial charge >= 0.3 is 30.3 Å². The van der Waals surface area contributed by atoms with Crippen molar-refractivity contribution in [1.82, 2.24) is 0 Å². The third-order valence-corrected chi connectivity index (χ3v) is 0. The summed E-state index contributed by atoms with van der Waals surface area (Å²) in [6.07, 6.45) is 0. The molecule has 0 fully saturated rings. The molecule has 0 saturated carbocycles. The number of rotatable bonds is 0. The van der Waals surface area contributed by atoms with Gasteiger partial charge in [0.25, 0.3) is 0 Å². The maximum absolute atomic E-state index is 4.73. The maximum atomic E-state index is 4.73. The molecular weight excluding hydrogens is 218 g/mol. The van der Waals surface area contributed by atoms with Crippen molar-refractivity contribution < 1.29 is 0 Å². The first-order valence-corrected chi connectivity index (χ1v) is 8.30. The molecule has 4 radical (unpaired) electrons. The third-order valence-electron chi connectivity index (χ3n) is 0. The second-order valence-electron chi connectivity index (χ2n) is 1.50. The van der Waals surface area contributed by atoms with Crippen LogP contribution in [0.2, 0.25) is 19.6 Å². The summed E-state index contributed by atoms with van der Waals surface area (Å²) in [7, 11) is 4.85.